The maximum absolute atomic E-state index is 13.0. The molecule has 2 aliphatic heterocycles. The molecular weight excluding hydrogens is 346 g/mol. The van der Waals surface area contributed by atoms with Crippen LogP contribution in [-0.2, 0) is 26.3 Å². The van der Waals surface area contributed by atoms with Crippen molar-refractivity contribution in [2.45, 2.75) is 45.3 Å². The molecular formula is C20H27N3O4. The molecule has 0 aromatic heterocycles. The molecule has 2 unspecified atom stereocenters. The van der Waals surface area contributed by atoms with E-state index in [1.165, 1.54) is 5.56 Å². The van der Waals surface area contributed by atoms with E-state index in [-0.39, 0.29) is 18.6 Å². The van der Waals surface area contributed by atoms with Gasteiger partial charge in [-0.2, -0.15) is 0 Å². The predicted octanol–water partition coefficient (Wildman–Crippen LogP) is 1.65. The summed E-state index contributed by atoms with van der Waals surface area (Å²) in [6, 6.07) is 7.17. The molecule has 0 saturated carbocycles. The molecule has 4 amide bonds. The van der Waals surface area contributed by atoms with Crippen LogP contribution in [0.4, 0.5) is 4.79 Å². The van der Waals surface area contributed by atoms with Gasteiger partial charge in [-0.3, -0.25) is 14.5 Å². The molecule has 27 heavy (non-hydrogen) atoms. The summed E-state index contributed by atoms with van der Waals surface area (Å²) in [5.74, 6) is -0.637. The van der Waals surface area contributed by atoms with E-state index in [9.17, 15) is 14.4 Å². The first-order valence-electron chi connectivity index (χ1n) is 9.48. The Hall–Kier alpha value is -2.41. The van der Waals surface area contributed by atoms with E-state index in [0.717, 1.165) is 23.3 Å². The number of ether oxygens (including phenoxy) is 1. The third kappa shape index (κ3) is 3.83. The maximum Gasteiger partial charge on any atom is 0.325 e. The minimum Gasteiger partial charge on any atom is -0.375 e. The molecule has 1 N–H and O–H groups in total. The average molecular weight is 373 g/mol. The number of rotatable bonds is 5. The zero-order chi connectivity index (χ0) is 19.6. The van der Waals surface area contributed by atoms with E-state index in [1.54, 1.807) is 11.8 Å². The number of carbonyl (C=O) groups excluding carboxylic acids is 3. The predicted molar refractivity (Wildman–Crippen MR) is 100 cm³/mol. The fourth-order valence-corrected chi connectivity index (χ4v) is 3.61. The first-order chi connectivity index (χ1) is 12.8. The third-order valence-corrected chi connectivity index (χ3v) is 5.23. The molecule has 2 saturated heterocycles. The largest absolute Gasteiger partial charge is 0.375 e. The Kier molecular flexibility index (Phi) is 5.51. The second-order valence-corrected chi connectivity index (χ2v) is 7.41. The Morgan fingerprint density at radius 3 is 2.63 bits per heavy atom. The van der Waals surface area contributed by atoms with Gasteiger partial charge in [0.05, 0.1) is 12.7 Å². The zero-order valence-electron chi connectivity index (χ0n) is 16.2. The van der Waals surface area contributed by atoms with Crippen LogP contribution in [0, 0.1) is 0 Å². The van der Waals surface area contributed by atoms with Gasteiger partial charge in [0.2, 0.25) is 5.91 Å². The molecule has 7 heteroatoms. The number of aryl methyl sites for hydroxylation is 1. The minimum atomic E-state index is -1.15. The fourth-order valence-electron chi connectivity index (χ4n) is 3.61. The van der Waals surface area contributed by atoms with E-state index < -0.39 is 17.5 Å². The molecule has 1 aromatic rings. The summed E-state index contributed by atoms with van der Waals surface area (Å²) in [6.07, 6.45) is 1.97. The van der Waals surface area contributed by atoms with E-state index in [0.29, 0.717) is 19.7 Å². The minimum absolute atomic E-state index is 0.0438. The highest BCUT2D eigenvalue weighted by molar-refractivity contribution is 6.09. The molecule has 2 heterocycles. The van der Waals surface area contributed by atoms with Crippen LogP contribution in [0.25, 0.3) is 0 Å². The molecule has 2 fully saturated rings. The van der Waals surface area contributed by atoms with Gasteiger partial charge in [-0.1, -0.05) is 37.6 Å². The van der Waals surface area contributed by atoms with Crippen LogP contribution >= 0.6 is 0 Å². The van der Waals surface area contributed by atoms with Gasteiger partial charge in [0.15, 0.2) is 0 Å². The van der Waals surface area contributed by atoms with Crippen LogP contribution in [0.5, 0.6) is 0 Å². The van der Waals surface area contributed by atoms with Crippen molar-refractivity contribution in [1.82, 2.24) is 15.1 Å². The Labute approximate surface area is 159 Å². The van der Waals surface area contributed by atoms with Crippen molar-refractivity contribution >= 4 is 17.8 Å². The van der Waals surface area contributed by atoms with Crippen molar-refractivity contribution < 1.29 is 19.1 Å². The number of morpholine rings is 1. The number of hydrogen-bond donors (Lipinski definition) is 1. The molecule has 0 spiro atoms. The normalized spacial score (nSPS) is 25.7. The summed E-state index contributed by atoms with van der Waals surface area (Å²) < 4.78 is 5.43. The Morgan fingerprint density at radius 2 is 2.00 bits per heavy atom. The summed E-state index contributed by atoms with van der Waals surface area (Å²) in [5.41, 5.74) is 0.756. The standard InChI is InChI=1S/C20H27N3O4/c1-4-5-15-6-8-16(9-7-15)20(3)18(25)23(19(26)21-20)13-17(24)22-10-11-27-14(2)12-22/h6-9,14H,4-5,10-13H2,1-3H3,(H,21,26). The molecule has 0 aliphatic carbocycles. The molecule has 2 aliphatic rings. The Bertz CT molecular complexity index is 733. The highest BCUT2D eigenvalue weighted by Crippen LogP contribution is 2.29. The molecule has 2 atom stereocenters. The van der Waals surface area contributed by atoms with Crippen LogP contribution in [0.15, 0.2) is 24.3 Å². The van der Waals surface area contributed by atoms with Crippen LogP contribution in [0.3, 0.4) is 0 Å². The lowest BCUT2D eigenvalue weighted by Gasteiger charge is -2.32. The highest BCUT2D eigenvalue weighted by Gasteiger charge is 2.49. The van der Waals surface area contributed by atoms with Crippen molar-refractivity contribution in [2.24, 2.45) is 0 Å². The van der Waals surface area contributed by atoms with Crippen molar-refractivity contribution in [2.75, 3.05) is 26.2 Å². The molecule has 3 rings (SSSR count). The Balaban J connectivity index is 1.72. The topological polar surface area (TPSA) is 79.0 Å². The number of imide groups is 1. The van der Waals surface area contributed by atoms with Crippen molar-refractivity contribution in [1.29, 1.82) is 0 Å². The van der Waals surface area contributed by atoms with Crippen LogP contribution < -0.4 is 5.32 Å². The monoisotopic (exact) mass is 373 g/mol. The molecule has 7 nitrogen and oxygen atoms in total. The summed E-state index contributed by atoms with van der Waals surface area (Å²) in [7, 11) is 0. The van der Waals surface area contributed by atoms with Gasteiger partial charge >= 0.3 is 6.03 Å². The number of amides is 4. The fraction of sp³-hybridized carbons (Fsp3) is 0.550. The summed E-state index contributed by atoms with van der Waals surface area (Å²) >= 11 is 0. The maximum atomic E-state index is 13.0. The van der Waals surface area contributed by atoms with Crippen LogP contribution in [0.2, 0.25) is 0 Å². The van der Waals surface area contributed by atoms with Crippen LogP contribution in [0.1, 0.15) is 38.3 Å². The lowest BCUT2D eigenvalue weighted by atomic mass is 9.91. The SMILES string of the molecule is CCCc1ccc(C2(C)NC(=O)N(CC(=O)N3CCOC(C)C3)C2=O)cc1. The van der Waals surface area contributed by atoms with E-state index >= 15 is 0 Å². The van der Waals surface area contributed by atoms with Gasteiger partial charge in [0, 0.05) is 13.1 Å². The first-order valence-corrected chi connectivity index (χ1v) is 9.48. The van der Waals surface area contributed by atoms with Gasteiger partial charge in [-0.05, 0) is 31.4 Å². The lowest BCUT2D eigenvalue weighted by Crippen LogP contribution is -2.49. The Morgan fingerprint density at radius 1 is 1.30 bits per heavy atom. The van der Waals surface area contributed by atoms with Gasteiger partial charge in [0.1, 0.15) is 12.1 Å². The smallest absolute Gasteiger partial charge is 0.325 e. The number of carbonyl (C=O) groups is 3. The number of benzene rings is 1. The van der Waals surface area contributed by atoms with Crippen molar-refractivity contribution in [3.8, 4) is 0 Å². The number of hydrogen-bond acceptors (Lipinski definition) is 4. The van der Waals surface area contributed by atoms with Gasteiger partial charge in [0.25, 0.3) is 5.91 Å². The average Bonchev–Trinajstić information content (AvgIpc) is 2.86. The highest BCUT2D eigenvalue weighted by atomic mass is 16.5. The van der Waals surface area contributed by atoms with Crippen molar-refractivity contribution in [3.05, 3.63) is 35.4 Å². The van der Waals surface area contributed by atoms with Gasteiger partial charge in [-0.15, -0.1) is 0 Å². The summed E-state index contributed by atoms with van der Waals surface area (Å²) in [6.45, 7) is 6.85. The second-order valence-electron chi connectivity index (χ2n) is 7.41. The molecule has 146 valence electrons. The van der Waals surface area contributed by atoms with Gasteiger partial charge < -0.3 is 15.0 Å². The number of nitrogens with one attached hydrogen (secondary N) is 1. The van der Waals surface area contributed by atoms with E-state index in [4.69, 9.17) is 4.74 Å². The van der Waals surface area contributed by atoms with Crippen LogP contribution in [-0.4, -0.2) is 60.0 Å². The number of urea groups is 1. The van der Waals surface area contributed by atoms with Crippen molar-refractivity contribution in [3.63, 3.8) is 0 Å². The van der Waals surface area contributed by atoms with E-state index in [2.05, 4.69) is 12.2 Å². The first kappa shape index (κ1) is 19.4. The van der Waals surface area contributed by atoms with Gasteiger partial charge in [-0.25, -0.2) is 4.79 Å². The molecule has 1 aromatic carbocycles. The zero-order valence-corrected chi connectivity index (χ0v) is 16.2. The summed E-state index contributed by atoms with van der Waals surface area (Å²) in [5, 5.41) is 2.76. The molecule has 0 radical (unpaired) electrons. The quantitative estimate of drug-likeness (QED) is 0.796. The third-order valence-electron chi connectivity index (χ3n) is 5.23. The molecule has 0 bridgehead atoms. The summed E-state index contributed by atoms with van der Waals surface area (Å²) in [4.78, 5) is 40.6. The second kappa shape index (κ2) is 7.68. The number of nitrogens with zero attached hydrogens (tertiary/aromatic N) is 2. The van der Waals surface area contributed by atoms with E-state index in [1.807, 2.05) is 31.2 Å². The lowest BCUT2D eigenvalue weighted by molar-refractivity contribution is -0.143.